The number of benzene rings is 2. The van der Waals surface area contributed by atoms with Gasteiger partial charge in [-0.1, -0.05) is 42.5 Å². The first-order valence-corrected chi connectivity index (χ1v) is 9.66. The summed E-state index contributed by atoms with van der Waals surface area (Å²) < 4.78 is 19.7. The fourth-order valence-electron chi connectivity index (χ4n) is 3.06. The molecule has 0 saturated carbocycles. The number of aromatic amines is 1. The van der Waals surface area contributed by atoms with E-state index in [4.69, 9.17) is 4.74 Å². The lowest BCUT2D eigenvalue weighted by atomic mass is 10.1. The molecule has 0 radical (unpaired) electrons. The van der Waals surface area contributed by atoms with E-state index in [9.17, 15) is 18.8 Å². The molecule has 0 spiro atoms. The second-order valence-corrected chi connectivity index (χ2v) is 6.82. The van der Waals surface area contributed by atoms with Gasteiger partial charge in [-0.05, 0) is 23.3 Å². The van der Waals surface area contributed by atoms with E-state index in [0.717, 1.165) is 5.56 Å². The van der Waals surface area contributed by atoms with Gasteiger partial charge in [-0.2, -0.15) is 0 Å². The van der Waals surface area contributed by atoms with E-state index in [1.54, 1.807) is 6.07 Å². The van der Waals surface area contributed by atoms with Crippen molar-refractivity contribution in [3.63, 3.8) is 0 Å². The van der Waals surface area contributed by atoms with Crippen LogP contribution in [0.4, 0.5) is 15.9 Å². The van der Waals surface area contributed by atoms with Crippen LogP contribution < -0.4 is 21.9 Å². The number of halogens is 1. The van der Waals surface area contributed by atoms with E-state index in [2.05, 4.69) is 15.6 Å². The molecule has 1 aromatic heterocycles. The first-order chi connectivity index (χ1) is 15.0. The summed E-state index contributed by atoms with van der Waals surface area (Å²) in [6, 6.07) is 15.0. The van der Waals surface area contributed by atoms with E-state index in [-0.39, 0.29) is 31.1 Å². The third-order valence-corrected chi connectivity index (χ3v) is 4.54. The number of H-pyrrole nitrogens is 1. The molecule has 0 aliphatic carbocycles. The fourth-order valence-corrected chi connectivity index (χ4v) is 3.06. The maximum atomic E-state index is 13.4. The van der Waals surface area contributed by atoms with Crippen LogP contribution in [0.5, 0.6) is 0 Å². The van der Waals surface area contributed by atoms with Crippen molar-refractivity contribution in [1.82, 2.24) is 9.55 Å². The lowest BCUT2D eigenvalue weighted by Crippen LogP contribution is -2.36. The zero-order valence-corrected chi connectivity index (χ0v) is 17.0. The molecule has 0 aliphatic rings. The molecular formula is C22H23FN4O4. The molecule has 162 valence electrons. The van der Waals surface area contributed by atoms with Gasteiger partial charge in [0.15, 0.2) is 0 Å². The quantitative estimate of drug-likeness (QED) is 0.486. The third-order valence-electron chi connectivity index (χ3n) is 4.54. The van der Waals surface area contributed by atoms with Crippen LogP contribution in [0.25, 0.3) is 0 Å². The van der Waals surface area contributed by atoms with Gasteiger partial charge in [0.1, 0.15) is 17.3 Å². The van der Waals surface area contributed by atoms with Crippen LogP contribution in [0.2, 0.25) is 0 Å². The normalized spacial score (nSPS) is 10.6. The Kier molecular flexibility index (Phi) is 7.34. The van der Waals surface area contributed by atoms with Gasteiger partial charge < -0.3 is 15.4 Å². The zero-order chi connectivity index (χ0) is 22.2. The molecule has 0 fully saturated rings. The van der Waals surface area contributed by atoms with Gasteiger partial charge >= 0.3 is 5.69 Å². The molecule has 8 nitrogen and oxygen atoms in total. The topological polar surface area (TPSA) is 105 Å². The molecule has 3 N–H and O–H groups in total. The lowest BCUT2D eigenvalue weighted by molar-refractivity contribution is -0.115. The zero-order valence-electron chi connectivity index (χ0n) is 17.0. The minimum Gasteiger partial charge on any atom is -0.383 e. The number of nitrogens with one attached hydrogen (secondary N) is 3. The maximum Gasteiger partial charge on any atom is 0.330 e. The number of amides is 1. The Morgan fingerprint density at radius 3 is 2.55 bits per heavy atom. The summed E-state index contributed by atoms with van der Waals surface area (Å²) in [7, 11) is 1.48. The van der Waals surface area contributed by atoms with Crippen LogP contribution in [-0.2, 0) is 29.0 Å². The molecule has 0 unspecified atom stereocenters. The number of ether oxygens (including phenoxy) is 1. The highest BCUT2D eigenvalue weighted by atomic mass is 19.1. The van der Waals surface area contributed by atoms with Crippen molar-refractivity contribution in [3.8, 4) is 0 Å². The van der Waals surface area contributed by atoms with Gasteiger partial charge in [-0.25, -0.2) is 9.18 Å². The van der Waals surface area contributed by atoms with Crippen LogP contribution in [0.15, 0.2) is 64.2 Å². The van der Waals surface area contributed by atoms with Crippen molar-refractivity contribution < 1.29 is 13.9 Å². The molecular weight excluding hydrogens is 403 g/mol. The smallest absolute Gasteiger partial charge is 0.330 e. The Balaban J connectivity index is 1.92. The highest BCUT2D eigenvalue weighted by Gasteiger charge is 2.18. The number of nitrogens with zero attached hydrogens (tertiary/aromatic N) is 1. The van der Waals surface area contributed by atoms with Crippen LogP contribution in [0.3, 0.4) is 0 Å². The van der Waals surface area contributed by atoms with Gasteiger partial charge in [0.25, 0.3) is 5.56 Å². The van der Waals surface area contributed by atoms with Crippen molar-refractivity contribution in [2.24, 2.45) is 0 Å². The van der Waals surface area contributed by atoms with Crippen LogP contribution in [0.1, 0.15) is 11.1 Å². The highest BCUT2D eigenvalue weighted by molar-refractivity contribution is 5.94. The second-order valence-electron chi connectivity index (χ2n) is 6.82. The molecule has 2 aromatic carbocycles. The molecule has 0 bridgehead atoms. The number of anilines is 2. The van der Waals surface area contributed by atoms with Crippen molar-refractivity contribution in [2.75, 3.05) is 24.4 Å². The molecule has 1 amide bonds. The molecule has 31 heavy (non-hydrogen) atoms. The van der Waals surface area contributed by atoms with Crippen molar-refractivity contribution in [3.05, 3.63) is 92.4 Å². The summed E-state index contributed by atoms with van der Waals surface area (Å²) in [4.78, 5) is 39.8. The molecule has 9 heteroatoms. The summed E-state index contributed by atoms with van der Waals surface area (Å²) in [5.41, 5.74) is 0.0941. The Labute approximate surface area is 177 Å². The molecule has 0 saturated heterocycles. The summed E-state index contributed by atoms with van der Waals surface area (Å²) in [5, 5.41) is 5.64. The van der Waals surface area contributed by atoms with E-state index in [1.165, 1.54) is 29.9 Å². The van der Waals surface area contributed by atoms with Gasteiger partial charge in [-0.3, -0.25) is 19.1 Å². The Hall–Kier alpha value is -3.72. The van der Waals surface area contributed by atoms with Crippen LogP contribution in [0, 0.1) is 5.82 Å². The average molecular weight is 426 g/mol. The summed E-state index contributed by atoms with van der Waals surface area (Å²) in [5.74, 6) is -0.920. The maximum absolute atomic E-state index is 13.4. The SMILES string of the molecule is COCCn1c(NC(=O)Cc2cccc(F)c2)c(NCc2ccccc2)c(=O)[nH]c1=O. The first-order valence-electron chi connectivity index (χ1n) is 9.66. The molecule has 3 rings (SSSR count). The minimum absolute atomic E-state index is 0.0307. The number of methoxy groups -OCH3 is 1. The Morgan fingerprint density at radius 1 is 1.10 bits per heavy atom. The Morgan fingerprint density at radius 2 is 1.84 bits per heavy atom. The molecule has 3 aromatic rings. The van der Waals surface area contributed by atoms with E-state index >= 15 is 0 Å². The largest absolute Gasteiger partial charge is 0.383 e. The number of hydrogen-bond acceptors (Lipinski definition) is 5. The average Bonchev–Trinajstić information content (AvgIpc) is 2.74. The lowest BCUT2D eigenvalue weighted by Gasteiger charge is -2.18. The van der Waals surface area contributed by atoms with Crippen molar-refractivity contribution in [2.45, 2.75) is 19.5 Å². The predicted molar refractivity (Wildman–Crippen MR) is 116 cm³/mol. The number of carbonyl (C=O) groups is 1. The van der Waals surface area contributed by atoms with Crippen LogP contribution in [-0.4, -0.2) is 29.2 Å². The second kappa shape index (κ2) is 10.4. The number of hydrogen-bond donors (Lipinski definition) is 3. The van der Waals surface area contributed by atoms with Gasteiger partial charge in [0, 0.05) is 13.7 Å². The van der Waals surface area contributed by atoms with Crippen molar-refractivity contribution in [1.29, 1.82) is 0 Å². The molecule has 0 aliphatic heterocycles. The summed E-state index contributed by atoms with van der Waals surface area (Å²) in [6.07, 6.45) is -0.124. The standard InChI is InChI=1S/C22H23FN4O4/c1-31-11-10-27-20(25-18(28)13-16-8-5-9-17(23)12-16)19(21(29)26-22(27)30)24-14-15-6-3-2-4-7-15/h2-9,12,24H,10-11,13-14H2,1H3,(H,25,28)(H,26,29,30). The van der Waals surface area contributed by atoms with Gasteiger partial charge in [-0.15, -0.1) is 0 Å². The number of rotatable bonds is 9. The first kappa shape index (κ1) is 22.0. The summed E-state index contributed by atoms with van der Waals surface area (Å²) >= 11 is 0. The minimum atomic E-state index is -0.673. The van der Waals surface area contributed by atoms with E-state index in [0.29, 0.717) is 12.1 Å². The van der Waals surface area contributed by atoms with E-state index in [1.807, 2.05) is 30.3 Å². The summed E-state index contributed by atoms with van der Waals surface area (Å²) in [6.45, 7) is 0.609. The fraction of sp³-hybridized carbons (Fsp3) is 0.227. The molecule has 1 heterocycles. The predicted octanol–water partition coefficient (Wildman–Crippen LogP) is 2.12. The highest BCUT2D eigenvalue weighted by Crippen LogP contribution is 2.17. The van der Waals surface area contributed by atoms with Gasteiger partial charge in [0.2, 0.25) is 5.91 Å². The van der Waals surface area contributed by atoms with E-state index < -0.39 is 23.0 Å². The van der Waals surface area contributed by atoms with Crippen LogP contribution >= 0.6 is 0 Å². The Bertz CT molecular complexity index is 1160. The monoisotopic (exact) mass is 426 g/mol. The number of aromatic nitrogens is 2. The number of carbonyl (C=O) groups excluding carboxylic acids is 1. The third kappa shape index (κ3) is 5.89. The van der Waals surface area contributed by atoms with Crippen molar-refractivity contribution >= 4 is 17.4 Å². The molecule has 0 atom stereocenters. The van der Waals surface area contributed by atoms with Gasteiger partial charge in [0.05, 0.1) is 19.6 Å².